The van der Waals surface area contributed by atoms with Crippen LogP contribution in [0.25, 0.3) is 10.6 Å². The standard InChI is InChI=1S/C24H29N3O3S/c1-24(2,3)18-8-6-17(7-9-18)20(27-10-12-29-13-11-27)16-25-23(28)19-15-21(30-26-19)22-5-4-14-31-22/h4-9,14-15,20H,10-13,16H2,1-3H3,(H,25,28)/t20-/m1/s1. The van der Waals surface area contributed by atoms with Gasteiger partial charge >= 0.3 is 0 Å². The van der Waals surface area contributed by atoms with Gasteiger partial charge in [-0.05, 0) is 28.0 Å². The third-order valence-corrected chi connectivity index (χ3v) is 6.50. The predicted octanol–water partition coefficient (Wildman–Crippen LogP) is 4.50. The van der Waals surface area contributed by atoms with Crippen LogP contribution in [0.1, 0.15) is 48.4 Å². The van der Waals surface area contributed by atoms with Gasteiger partial charge in [-0.3, -0.25) is 9.69 Å². The van der Waals surface area contributed by atoms with Crippen molar-refractivity contribution >= 4 is 17.2 Å². The molecule has 3 aromatic rings. The lowest BCUT2D eigenvalue weighted by Crippen LogP contribution is -2.43. The van der Waals surface area contributed by atoms with Crippen molar-refractivity contribution < 1.29 is 14.1 Å². The molecule has 1 atom stereocenters. The number of thiophene rings is 1. The molecule has 7 heteroatoms. The Kier molecular flexibility index (Phi) is 6.55. The lowest BCUT2D eigenvalue weighted by Gasteiger charge is -2.35. The number of morpholine rings is 1. The van der Waals surface area contributed by atoms with Crippen LogP contribution in [-0.4, -0.2) is 48.8 Å². The molecule has 6 nitrogen and oxygen atoms in total. The van der Waals surface area contributed by atoms with Crippen molar-refractivity contribution in [2.24, 2.45) is 0 Å². The van der Waals surface area contributed by atoms with Crippen LogP contribution in [0.15, 0.2) is 52.4 Å². The number of nitrogens with one attached hydrogen (secondary N) is 1. The maximum atomic E-state index is 12.8. The Bertz CT molecular complexity index is 984. The van der Waals surface area contributed by atoms with E-state index in [-0.39, 0.29) is 17.4 Å². The van der Waals surface area contributed by atoms with Crippen molar-refractivity contribution in [3.63, 3.8) is 0 Å². The molecule has 0 saturated carbocycles. The van der Waals surface area contributed by atoms with Gasteiger partial charge in [0.15, 0.2) is 11.5 Å². The number of benzene rings is 1. The molecule has 164 valence electrons. The molecule has 1 aliphatic rings. The number of carbonyl (C=O) groups is 1. The van der Waals surface area contributed by atoms with Crippen LogP contribution in [0.3, 0.4) is 0 Å². The van der Waals surface area contributed by atoms with Crippen molar-refractivity contribution in [2.75, 3.05) is 32.8 Å². The van der Waals surface area contributed by atoms with Crippen molar-refractivity contribution in [1.29, 1.82) is 0 Å². The highest BCUT2D eigenvalue weighted by Crippen LogP contribution is 2.27. The van der Waals surface area contributed by atoms with Crippen LogP contribution in [0.2, 0.25) is 0 Å². The maximum absolute atomic E-state index is 12.8. The fourth-order valence-corrected chi connectivity index (χ4v) is 4.42. The lowest BCUT2D eigenvalue weighted by atomic mass is 9.86. The second-order valence-electron chi connectivity index (χ2n) is 8.80. The Hall–Kier alpha value is -2.48. The minimum Gasteiger partial charge on any atom is -0.379 e. The highest BCUT2D eigenvalue weighted by Gasteiger charge is 2.25. The number of rotatable bonds is 6. The number of hydrogen-bond acceptors (Lipinski definition) is 6. The number of ether oxygens (including phenoxy) is 1. The van der Waals surface area contributed by atoms with Crippen molar-refractivity contribution in [1.82, 2.24) is 15.4 Å². The van der Waals surface area contributed by atoms with Gasteiger partial charge in [0.05, 0.1) is 24.1 Å². The Balaban J connectivity index is 1.48. The maximum Gasteiger partial charge on any atom is 0.273 e. The molecule has 0 aliphatic carbocycles. The summed E-state index contributed by atoms with van der Waals surface area (Å²) in [6.07, 6.45) is 0. The van der Waals surface area contributed by atoms with Gasteiger partial charge in [0.2, 0.25) is 0 Å². The second-order valence-corrected chi connectivity index (χ2v) is 9.75. The third kappa shape index (κ3) is 5.23. The fraction of sp³-hybridized carbons (Fsp3) is 0.417. The minimum absolute atomic E-state index is 0.0746. The van der Waals surface area contributed by atoms with Gasteiger partial charge in [0.25, 0.3) is 5.91 Å². The quantitative estimate of drug-likeness (QED) is 0.612. The van der Waals surface area contributed by atoms with E-state index >= 15 is 0 Å². The van der Waals surface area contributed by atoms with Crippen LogP contribution >= 0.6 is 11.3 Å². The predicted molar refractivity (Wildman–Crippen MR) is 122 cm³/mol. The highest BCUT2D eigenvalue weighted by atomic mass is 32.1. The summed E-state index contributed by atoms with van der Waals surface area (Å²) in [4.78, 5) is 16.1. The lowest BCUT2D eigenvalue weighted by molar-refractivity contribution is 0.0162. The number of nitrogens with zero attached hydrogens (tertiary/aromatic N) is 2. The SMILES string of the molecule is CC(C)(C)c1ccc([C@@H](CNC(=O)c2cc(-c3cccs3)on2)N2CCOCC2)cc1. The monoisotopic (exact) mass is 439 g/mol. The smallest absolute Gasteiger partial charge is 0.273 e. The van der Waals surface area contributed by atoms with E-state index in [1.54, 1.807) is 17.4 Å². The van der Waals surface area contributed by atoms with Crippen LogP contribution in [-0.2, 0) is 10.2 Å². The average molecular weight is 440 g/mol. The van der Waals surface area contributed by atoms with Crippen LogP contribution < -0.4 is 5.32 Å². The molecule has 31 heavy (non-hydrogen) atoms. The van der Waals surface area contributed by atoms with Crippen LogP contribution in [0.4, 0.5) is 0 Å². The van der Waals surface area contributed by atoms with Crippen LogP contribution in [0, 0.1) is 0 Å². The summed E-state index contributed by atoms with van der Waals surface area (Å²) in [6, 6.07) is 14.4. The zero-order valence-corrected chi connectivity index (χ0v) is 19.1. The first-order valence-corrected chi connectivity index (χ1v) is 11.5. The summed E-state index contributed by atoms with van der Waals surface area (Å²) in [5, 5.41) is 8.99. The van der Waals surface area contributed by atoms with E-state index in [4.69, 9.17) is 9.26 Å². The summed E-state index contributed by atoms with van der Waals surface area (Å²) < 4.78 is 10.9. The molecule has 1 N–H and O–H groups in total. The molecule has 1 fully saturated rings. The van der Waals surface area contributed by atoms with Gasteiger partial charge in [-0.15, -0.1) is 11.3 Å². The van der Waals surface area contributed by atoms with E-state index in [1.165, 1.54) is 11.1 Å². The minimum atomic E-state index is -0.226. The third-order valence-electron chi connectivity index (χ3n) is 5.61. The Morgan fingerprint density at radius 2 is 1.94 bits per heavy atom. The van der Waals surface area contributed by atoms with Gasteiger partial charge in [0.1, 0.15) is 0 Å². The van der Waals surface area contributed by atoms with Gasteiger partial charge in [-0.1, -0.05) is 56.3 Å². The van der Waals surface area contributed by atoms with Gasteiger partial charge < -0.3 is 14.6 Å². The Morgan fingerprint density at radius 1 is 1.19 bits per heavy atom. The molecule has 0 bridgehead atoms. The largest absolute Gasteiger partial charge is 0.379 e. The van der Waals surface area contributed by atoms with E-state index in [9.17, 15) is 4.79 Å². The average Bonchev–Trinajstić information content (AvgIpc) is 3.46. The molecule has 0 radical (unpaired) electrons. The molecular weight excluding hydrogens is 410 g/mol. The van der Waals surface area contributed by atoms with Crippen molar-refractivity contribution in [3.05, 3.63) is 64.7 Å². The number of amides is 1. The molecule has 1 amide bonds. The van der Waals surface area contributed by atoms with E-state index in [0.717, 1.165) is 18.0 Å². The number of hydrogen-bond donors (Lipinski definition) is 1. The number of carbonyl (C=O) groups excluding carboxylic acids is 1. The zero-order chi connectivity index (χ0) is 21.8. The van der Waals surface area contributed by atoms with Gasteiger partial charge in [-0.2, -0.15) is 0 Å². The van der Waals surface area contributed by atoms with Crippen LogP contribution in [0.5, 0.6) is 0 Å². The van der Waals surface area contributed by atoms with Crippen molar-refractivity contribution in [3.8, 4) is 10.6 Å². The van der Waals surface area contributed by atoms with Gasteiger partial charge in [-0.25, -0.2) is 0 Å². The first kappa shape index (κ1) is 21.7. The van der Waals surface area contributed by atoms with Crippen molar-refractivity contribution in [2.45, 2.75) is 32.2 Å². The molecule has 2 aromatic heterocycles. The van der Waals surface area contributed by atoms with E-state index in [2.05, 4.69) is 60.4 Å². The van der Waals surface area contributed by atoms with E-state index < -0.39 is 0 Å². The summed E-state index contributed by atoms with van der Waals surface area (Å²) >= 11 is 1.55. The highest BCUT2D eigenvalue weighted by molar-refractivity contribution is 7.13. The second kappa shape index (κ2) is 9.34. The Labute approximate surface area is 187 Å². The van der Waals surface area contributed by atoms with Gasteiger partial charge in [0, 0.05) is 25.7 Å². The fourth-order valence-electron chi connectivity index (χ4n) is 3.75. The summed E-state index contributed by atoms with van der Waals surface area (Å²) in [5.41, 5.74) is 2.89. The molecule has 4 rings (SSSR count). The molecule has 3 heterocycles. The normalized spacial score (nSPS) is 16.2. The summed E-state index contributed by atoms with van der Waals surface area (Å²) in [7, 11) is 0. The summed E-state index contributed by atoms with van der Waals surface area (Å²) in [6.45, 7) is 10.2. The zero-order valence-electron chi connectivity index (χ0n) is 18.3. The molecule has 0 unspecified atom stereocenters. The number of aromatic nitrogens is 1. The van der Waals surface area contributed by atoms with E-state index in [1.807, 2.05) is 17.5 Å². The summed E-state index contributed by atoms with van der Waals surface area (Å²) in [5.74, 6) is 0.388. The molecule has 0 spiro atoms. The molecule has 1 aromatic carbocycles. The molecular formula is C24H29N3O3S. The topological polar surface area (TPSA) is 67.6 Å². The first-order valence-electron chi connectivity index (χ1n) is 10.6. The Morgan fingerprint density at radius 3 is 2.58 bits per heavy atom. The van der Waals surface area contributed by atoms with E-state index in [0.29, 0.717) is 31.2 Å². The molecule has 1 saturated heterocycles. The molecule has 1 aliphatic heterocycles. The first-order chi connectivity index (χ1) is 14.9.